The maximum absolute atomic E-state index is 12.8. The summed E-state index contributed by atoms with van der Waals surface area (Å²) in [7, 11) is 0. The molecule has 0 radical (unpaired) electrons. The first-order valence-electron chi connectivity index (χ1n) is 8.71. The normalized spacial score (nSPS) is 11.0. The van der Waals surface area contributed by atoms with Crippen molar-refractivity contribution in [2.75, 3.05) is 5.32 Å². The summed E-state index contributed by atoms with van der Waals surface area (Å²) in [5, 5.41) is 7.56. The van der Waals surface area contributed by atoms with Crippen molar-refractivity contribution in [2.24, 2.45) is 0 Å². The molecular weight excluding hydrogens is 396 g/mol. The number of carbonyl (C=O) groups excluding carboxylic acids is 1. The van der Waals surface area contributed by atoms with Gasteiger partial charge in [0.05, 0.1) is 21.6 Å². The van der Waals surface area contributed by atoms with Gasteiger partial charge in [0.1, 0.15) is 18.3 Å². The second kappa shape index (κ2) is 7.36. The van der Waals surface area contributed by atoms with E-state index in [9.17, 15) is 14.4 Å². The number of benzene rings is 2. The van der Waals surface area contributed by atoms with Gasteiger partial charge in [-0.3, -0.25) is 14.2 Å². The summed E-state index contributed by atoms with van der Waals surface area (Å²) in [6, 6.07) is 9.57. The highest BCUT2D eigenvalue weighted by Crippen LogP contribution is 2.28. The summed E-state index contributed by atoms with van der Waals surface area (Å²) in [5.74, 6) is -0.434. The number of nitrogens with one attached hydrogen (secondary N) is 2. The summed E-state index contributed by atoms with van der Waals surface area (Å²) in [4.78, 5) is 43.8. The van der Waals surface area contributed by atoms with Crippen molar-refractivity contribution < 1.29 is 4.79 Å². The minimum absolute atomic E-state index is 0.256. The van der Waals surface area contributed by atoms with Gasteiger partial charge in [-0.15, -0.1) is 0 Å². The fourth-order valence-corrected chi connectivity index (χ4v) is 3.31. The van der Waals surface area contributed by atoms with E-state index in [0.29, 0.717) is 27.3 Å². The van der Waals surface area contributed by atoms with Crippen molar-refractivity contribution in [3.63, 3.8) is 0 Å². The molecule has 4 rings (SSSR count). The summed E-state index contributed by atoms with van der Waals surface area (Å²) in [5.41, 5.74) is 0.543. The zero-order valence-corrected chi connectivity index (χ0v) is 16.0. The molecule has 0 fully saturated rings. The average molecular weight is 411 g/mol. The number of carbonyl (C=O) groups is 1. The predicted octanol–water partition coefficient (Wildman–Crippen LogP) is 2.20. The van der Waals surface area contributed by atoms with Crippen molar-refractivity contribution in [2.45, 2.75) is 13.5 Å². The van der Waals surface area contributed by atoms with Gasteiger partial charge in [0.15, 0.2) is 0 Å². The van der Waals surface area contributed by atoms with Crippen molar-refractivity contribution in [3.05, 3.63) is 80.5 Å². The van der Waals surface area contributed by atoms with Gasteiger partial charge in [0.25, 0.3) is 11.5 Å². The van der Waals surface area contributed by atoms with Gasteiger partial charge in [-0.1, -0.05) is 17.7 Å². The largest absolute Gasteiger partial charge is 0.328 e. The fraction of sp³-hybridized carbons (Fsp3) is 0.105. The lowest BCUT2D eigenvalue weighted by Gasteiger charge is -2.12. The summed E-state index contributed by atoms with van der Waals surface area (Å²) in [6.07, 6.45) is 2.83. The van der Waals surface area contributed by atoms with Crippen LogP contribution in [0.25, 0.3) is 16.6 Å². The first-order valence-corrected chi connectivity index (χ1v) is 9.09. The lowest BCUT2D eigenvalue weighted by Crippen LogP contribution is -2.34. The Kier molecular flexibility index (Phi) is 4.73. The molecule has 0 aliphatic rings. The van der Waals surface area contributed by atoms with Gasteiger partial charge in [0, 0.05) is 12.1 Å². The second-order valence-electron chi connectivity index (χ2n) is 6.17. The van der Waals surface area contributed by atoms with Crippen LogP contribution >= 0.6 is 11.6 Å². The van der Waals surface area contributed by atoms with E-state index in [0.717, 1.165) is 4.57 Å². The van der Waals surface area contributed by atoms with Gasteiger partial charge < -0.3 is 10.3 Å². The second-order valence-corrected chi connectivity index (χ2v) is 6.58. The van der Waals surface area contributed by atoms with E-state index < -0.39 is 17.2 Å². The van der Waals surface area contributed by atoms with Gasteiger partial charge in [-0.2, -0.15) is 5.10 Å². The molecule has 9 nitrogen and oxygen atoms in total. The highest BCUT2D eigenvalue weighted by atomic mass is 35.5. The minimum atomic E-state index is -0.522. The van der Waals surface area contributed by atoms with Crippen LogP contribution in [0.5, 0.6) is 0 Å². The highest BCUT2D eigenvalue weighted by molar-refractivity contribution is 6.33. The van der Waals surface area contributed by atoms with Crippen LogP contribution in [0.1, 0.15) is 17.3 Å². The Bertz CT molecular complexity index is 1340. The number of halogens is 1. The van der Waals surface area contributed by atoms with Crippen molar-refractivity contribution in [1.29, 1.82) is 0 Å². The minimum Gasteiger partial charge on any atom is -0.320 e. The lowest BCUT2D eigenvalue weighted by atomic mass is 10.1. The number of amides is 1. The predicted molar refractivity (Wildman–Crippen MR) is 109 cm³/mol. The summed E-state index contributed by atoms with van der Waals surface area (Å²) in [6.45, 7) is 1.97. The number of H-pyrrole nitrogens is 1. The standard InChI is InChI=1S/C19H15ClN6O3/c1-2-25-18(28)12-7-6-11(8-15(12)24-19(25)29)17(27)23-14-5-3-4-13(20)16(14)26-10-21-9-22-26/h3-10H,2H2,1H3,(H,23,27)(H,24,29). The van der Waals surface area contributed by atoms with Crippen LogP contribution in [0, 0.1) is 0 Å². The Balaban J connectivity index is 1.74. The molecule has 2 heterocycles. The molecule has 0 bridgehead atoms. The monoisotopic (exact) mass is 410 g/mol. The number of hydrogen-bond donors (Lipinski definition) is 2. The Hall–Kier alpha value is -3.72. The molecule has 10 heteroatoms. The van der Waals surface area contributed by atoms with E-state index in [1.807, 2.05) is 0 Å². The van der Waals surface area contributed by atoms with E-state index in [1.165, 1.54) is 35.5 Å². The number of aromatic amines is 1. The highest BCUT2D eigenvalue weighted by Gasteiger charge is 2.15. The molecule has 0 saturated heterocycles. The third-order valence-corrected chi connectivity index (χ3v) is 4.75. The van der Waals surface area contributed by atoms with E-state index in [2.05, 4.69) is 20.4 Å². The third kappa shape index (κ3) is 3.32. The molecule has 0 aliphatic heterocycles. The molecular formula is C19H15ClN6O3. The van der Waals surface area contributed by atoms with Crippen LogP contribution in [0.2, 0.25) is 5.02 Å². The van der Waals surface area contributed by atoms with Gasteiger partial charge in [-0.25, -0.2) is 14.5 Å². The molecule has 0 spiro atoms. The van der Waals surface area contributed by atoms with Crippen LogP contribution in [-0.2, 0) is 6.54 Å². The molecule has 0 unspecified atom stereocenters. The number of para-hydroxylation sites is 1. The SMILES string of the molecule is CCn1c(=O)[nH]c2cc(C(=O)Nc3cccc(Cl)c3-n3cncn3)ccc2c1=O. The molecule has 0 aliphatic carbocycles. The number of fused-ring (bicyclic) bond motifs is 1. The number of hydrogen-bond acceptors (Lipinski definition) is 5. The number of aromatic nitrogens is 5. The quantitative estimate of drug-likeness (QED) is 0.535. The van der Waals surface area contributed by atoms with Gasteiger partial charge >= 0.3 is 5.69 Å². The Morgan fingerprint density at radius 1 is 1.24 bits per heavy atom. The summed E-state index contributed by atoms with van der Waals surface area (Å²) >= 11 is 6.28. The van der Waals surface area contributed by atoms with Gasteiger partial charge in [-0.05, 0) is 37.3 Å². The number of rotatable bonds is 4. The smallest absolute Gasteiger partial charge is 0.320 e. The van der Waals surface area contributed by atoms with Crippen LogP contribution in [0.3, 0.4) is 0 Å². The van der Waals surface area contributed by atoms with Gasteiger partial charge in [0.2, 0.25) is 0 Å². The Labute approximate surface area is 168 Å². The molecule has 4 aromatic rings. The molecule has 0 atom stereocenters. The topological polar surface area (TPSA) is 115 Å². The molecule has 2 N–H and O–H groups in total. The Morgan fingerprint density at radius 3 is 2.79 bits per heavy atom. The zero-order chi connectivity index (χ0) is 20.5. The zero-order valence-electron chi connectivity index (χ0n) is 15.2. The van der Waals surface area contributed by atoms with Crippen molar-refractivity contribution in [3.8, 4) is 5.69 Å². The van der Waals surface area contributed by atoms with Crippen LogP contribution in [0.15, 0.2) is 58.6 Å². The number of nitrogens with zero attached hydrogens (tertiary/aromatic N) is 4. The van der Waals surface area contributed by atoms with Crippen LogP contribution in [-0.4, -0.2) is 30.2 Å². The first kappa shape index (κ1) is 18.6. The van der Waals surface area contributed by atoms with Crippen LogP contribution in [0.4, 0.5) is 5.69 Å². The molecule has 2 aromatic carbocycles. The lowest BCUT2D eigenvalue weighted by molar-refractivity contribution is 0.102. The fourth-order valence-electron chi connectivity index (χ4n) is 3.05. The third-order valence-electron chi connectivity index (χ3n) is 4.44. The van der Waals surface area contributed by atoms with E-state index in [-0.39, 0.29) is 12.1 Å². The molecule has 29 heavy (non-hydrogen) atoms. The van der Waals surface area contributed by atoms with E-state index >= 15 is 0 Å². The van der Waals surface area contributed by atoms with E-state index in [4.69, 9.17) is 11.6 Å². The maximum atomic E-state index is 12.8. The Morgan fingerprint density at radius 2 is 2.07 bits per heavy atom. The summed E-state index contributed by atoms with van der Waals surface area (Å²) < 4.78 is 2.54. The maximum Gasteiger partial charge on any atom is 0.328 e. The van der Waals surface area contributed by atoms with E-state index in [1.54, 1.807) is 25.1 Å². The van der Waals surface area contributed by atoms with Crippen molar-refractivity contribution in [1.82, 2.24) is 24.3 Å². The number of anilines is 1. The van der Waals surface area contributed by atoms with Crippen molar-refractivity contribution >= 4 is 34.1 Å². The molecule has 2 aromatic heterocycles. The molecule has 0 saturated carbocycles. The first-order chi connectivity index (χ1) is 14.0. The van der Waals surface area contributed by atoms with Crippen LogP contribution < -0.4 is 16.6 Å². The molecule has 146 valence electrons. The molecule has 1 amide bonds. The average Bonchev–Trinajstić information content (AvgIpc) is 3.22.